The summed E-state index contributed by atoms with van der Waals surface area (Å²) in [5.41, 5.74) is 0. The predicted molar refractivity (Wildman–Crippen MR) is 103 cm³/mol. The molecule has 0 aliphatic carbocycles. The fourth-order valence-corrected chi connectivity index (χ4v) is 4.57. The second kappa shape index (κ2) is 8.66. The van der Waals surface area contributed by atoms with Gasteiger partial charge in [-0.05, 0) is 42.8 Å². The van der Waals surface area contributed by atoms with Crippen LogP contribution in [0.1, 0.15) is 13.3 Å². The highest BCUT2D eigenvalue weighted by Crippen LogP contribution is 2.59. The van der Waals surface area contributed by atoms with Crippen LogP contribution in [0.25, 0.3) is 0 Å². The topological polar surface area (TPSA) is 27.7 Å². The molecule has 128 valence electrons. The van der Waals surface area contributed by atoms with Crippen molar-refractivity contribution in [1.29, 1.82) is 0 Å². The van der Waals surface area contributed by atoms with Crippen LogP contribution in [0.5, 0.6) is 11.5 Å². The minimum absolute atomic E-state index is 0.558. The first kappa shape index (κ1) is 17.5. The summed E-state index contributed by atoms with van der Waals surface area (Å²) < 4.78 is 19.0. The molecule has 0 fully saturated rings. The van der Waals surface area contributed by atoms with E-state index in [1.165, 1.54) is 0 Å². The molecular formula is C21H22O3P+. The fraction of sp³-hybridized carbons (Fsp3) is 0.143. The van der Waals surface area contributed by atoms with E-state index < -0.39 is 7.94 Å². The number of para-hydroxylation sites is 2. The molecule has 4 heteroatoms. The molecule has 0 heterocycles. The molecule has 0 aliphatic heterocycles. The average Bonchev–Trinajstić information content (AvgIpc) is 2.68. The molecule has 0 spiro atoms. The van der Waals surface area contributed by atoms with Crippen molar-refractivity contribution < 1.29 is 13.6 Å². The van der Waals surface area contributed by atoms with Crippen LogP contribution in [0.4, 0.5) is 0 Å². The molecule has 0 saturated carbocycles. The molecule has 0 amide bonds. The molecule has 0 aromatic heterocycles. The number of hydrogen-bond acceptors (Lipinski definition) is 3. The zero-order valence-corrected chi connectivity index (χ0v) is 15.1. The van der Waals surface area contributed by atoms with E-state index in [0.717, 1.165) is 23.2 Å². The lowest BCUT2D eigenvalue weighted by Gasteiger charge is -2.22. The van der Waals surface area contributed by atoms with Crippen molar-refractivity contribution in [2.75, 3.05) is 6.61 Å². The number of rotatable bonds is 8. The molecule has 0 bridgehead atoms. The smallest absolute Gasteiger partial charge is 0.274 e. The Labute approximate surface area is 149 Å². The Bertz CT molecular complexity index is 706. The van der Waals surface area contributed by atoms with Gasteiger partial charge in [-0.2, -0.15) is 4.52 Å². The summed E-state index contributed by atoms with van der Waals surface area (Å²) in [6.07, 6.45) is 0.880. The van der Waals surface area contributed by atoms with E-state index in [1.54, 1.807) is 0 Å². The van der Waals surface area contributed by atoms with Gasteiger partial charge in [0.05, 0.1) is 6.61 Å². The first-order valence-corrected chi connectivity index (χ1v) is 9.95. The molecule has 3 rings (SSSR count). The summed E-state index contributed by atoms with van der Waals surface area (Å²) >= 11 is 0. The summed E-state index contributed by atoms with van der Waals surface area (Å²) in [5, 5.41) is 0.913. The van der Waals surface area contributed by atoms with Crippen LogP contribution in [-0.4, -0.2) is 6.61 Å². The van der Waals surface area contributed by atoms with Crippen LogP contribution in [0, 0.1) is 0 Å². The highest BCUT2D eigenvalue weighted by Gasteiger charge is 2.51. The fourth-order valence-electron chi connectivity index (χ4n) is 2.31. The Morgan fingerprint density at radius 1 is 0.640 bits per heavy atom. The van der Waals surface area contributed by atoms with Crippen molar-refractivity contribution in [3.63, 3.8) is 0 Å². The lowest BCUT2D eigenvalue weighted by Crippen LogP contribution is -2.24. The van der Waals surface area contributed by atoms with Crippen molar-refractivity contribution in [2.45, 2.75) is 13.3 Å². The third kappa shape index (κ3) is 4.60. The van der Waals surface area contributed by atoms with Crippen LogP contribution < -0.4 is 14.4 Å². The van der Waals surface area contributed by atoms with E-state index in [1.807, 2.05) is 91.0 Å². The van der Waals surface area contributed by atoms with Crippen molar-refractivity contribution in [3.8, 4) is 11.5 Å². The summed E-state index contributed by atoms with van der Waals surface area (Å²) in [6.45, 7) is 2.63. The molecule has 3 aromatic rings. The summed E-state index contributed by atoms with van der Waals surface area (Å²) in [5.74, 6) is 1.46. The zero-order valence-electron chi connectivity index (χ0n) is 14.2. The highest BCUT2D eigenvalue weighted by molar-refractivity contribution is 7.70. The van der Waals surface area contributed by atoms with Gasteiger partial charge in [-0.15, -0.1) is 0 Å². The van der Waals surface area contributed by atoms with Crippen LogP contribution >= 0.6 is 7.94 Å². The minimum Gasteiger partial charge on any atom is -0.274 e. The van der Waals surface area contributed by atoms with Gasteiger partial charge >= 0.3 is 7.94 Å². The van der Waals surface area contributed by atoms with Crippen molar-refractivity contribution in [3.05, 3.63) is 91.0 Å². The Morgan fingerprint density at radius 2 is 1.08 bits per heavy atom. The van der Waals surface area contributed by atoms with Gasteiger partial charge in [-0.3, -0.25) is 9.05 Å². The minimum atomic E-state index is -2.81. The molecule has 0 radical (unpaired) electrons. The molecule has 0 N–H and O–H groups in total. The quantitative estimate of drug-likeness (QED) is 0.489. The van der Waals surface area contributed by atoms with Gasteiger partial charge in [0.1, 0.15) is 0 Å². The lowest BCUT2D eigenvalue weighted by atomic mass is 10.3. The second-order valence-electron chi connectivity index (χ2n) is 5.47. The van der Waals surface area contributed by atoms with Gasteiger partial charge in [0, 0.05) is 0 Å². The van der Waals surface area contributed by atoms with Gasteiger partial charge in [0.15, 0.2) is 11.5 Å². The third-order valence-electron chi connectivity index (χ3n) is 3.48. The maximum atomic E-state index is 6.36. The van der Waals surface area contributed by atoms with E-state index in [2.05, 4.69) is 6.92 Å². The Kier molecular flexibility index (Phi) is 6.05. The van der Waals surface area contributed by atoms with Crippen LogP contribution in [0.2, 0.25) is 0 Å². The largest absolute Gasteiger partial charge is 0.535 e. The Morgan fingerprint density at radius 3 is 1.52 bits per heavy atom. The Hall–Kier alpha value is -2.35. The monoisotopic (exact) mass is 353 g/mol. The molecule has 0 saturated heterocycles. The summed E-state index contributed by atoms with van der Waals surface area (Å²) in [4.78, 5) is 0. The van der Waals surface area contributed by atoms with E-state index in [-0.39, 0.29) is 0 Å². The zero-order chi connectivity index (χ0) is 17.4. The van der Waals surface area contributed by atoms with Crippen molar-refractivity contribution in [1.82, 2.24) is 0 Å². The lowest BCUT2D eigenvalue weighted by molar-refractivity contribution is 0.251. The summed E-state index contributed by atoms with van der Waals surface area (Å²) in [6, 6.07) is 29.3. The molecular weight excluding hydrogens is 331 g/mol. The van der Waals surface area contributed by atoms with E-state index >= 15 is 0 Å². The van der Waals surface area contributed by atoms with E-state index in [4.69, 9.17) is 13.6 Å². The SMILES string of the molecule is CCCO[P+](Oc1ccccc1)(Oc1ccccc1)c1ccccc1. The van der Waals surface area contributed by atoms with Gasteiger partial charge < -0.3 is 0 Å². The van der Waals surface area contributed by atoms with Gasteiger partial charge in [0.25, 0.3) is 0 Å². The van der Waals surface area contributed by atoms with Crippen LogP contribution in [0.15, 0.2) is 91.0 Å². The molecule has 3 aromatic carbocycles. The highest BCUT2D eigenvalue weighted by atomic mass is 31.2. The van der Waals surface area contributed by atoms with Gasteiger partial charge in [0.2, 0.25) is 5.30 Å². The van der Waals surface area contributed by atoms with Crippen LogP contribution in [-0.2, 0) is 4.52 Å². The Balaban J connectivity index is 2.02. The molecule has 0 atom stereocenters. The molecule has 25 heavy (non-hydrogen) atoms. The van der Waals surface area contributed by atoms with Gasteiger partial charge in [-0.1, -0.05) is 61.5 Å². The normalized spacial score (nSPS) is 11.1. The first-order valence-electron chi connectivity index (χ1n) is 8.41. The van der Waals surface area contributed by atoms with Crippen molar-refractivity contribution >= 4 is 13.2 Å². The standard InChI is InChI=1S/C21H22O3P/c1-2-18-22-25(21-16-10-5-11-17-21,23-19-12-6-3-7-13-19)24-20-14-8-4-9-15-20/h3-17H,2,18H2,1H3/q+1. The first-order chi connectivity index (χ1) is 12.3. The molecule has 0 unspecified atom stereocenters. The third-order valence-corrected chi connectivity index (χ3v) is 5.83. The van der Waals surface area contributed by atoms with E-state index in [0.29, 0.717) is 6.61 Å². The number of benzene rings is 3. The van der Waals surface area contributed by atoms with Crippen LogP contribution in [0.3, 0.4) is 0 Å². The summed E-state index contributed by atoms with van der Waals surface area (Å²) in [7, 11) is -2.81. The second-order valence-corrected chi connectivity index (χ2v) is 7.61. The van der Waals surface area contributed by atoms with Crippen molar-refractivity contribution in [2.24, 2.45) is 0 Å². The van der Waals surface area contributed by atoms with Gasteiger partial charge in [-0.25, -0.2) is 0 Å². The number of hydrogen-bond donors (Lipinski definition) is 0. The molecule has 3 nitrogen and oxygen atoms in total. The predicted octanol–water partition coefficient (Wildman–Crippen LogP) is 5.66. The average molecular weight is 353 g/mol. The molecule has 0 aliphatic rings. The maximum absolute atomic E-state index is 6.36. The maximum Gasteiger partial charge on any atom is 0.535 e. The van der Waals surface area contributed by atoms with E-state index in [9.17, 15) is 0 Å².